The van der Waals surface area contributed by atoms with E-state index in [0.29, 0.717) is 5.41 Å². The third-order valence-electron chi connectivity index (χ3n) is 6.15. The normalized spacial score (nSPS) is 55.4. The van der Waals surface area contributed by atoms with Crippen LogP contribution >= 0.6 is 0 Å². The van der Waals surface area contributed by atoms with E-state index in [2.05, 4.69) is 38.2 Å². The summed E-state index contributed by atoms with van der Waals surface area (Å²) in [6.07, 6.45) is 14.3. The fraction of sp³-hybridized carbons (Fsp3) is 0.750. The molecule has 0 aromatic rings. The summed E-state index contributed by atoms with van der Waals surface area (Å²) in [6, 6.07) is 0. The van der Waals surface area contributed by atoms with Gasteiger partial charge in [0, 0.05) is 0 Å². The molecule has 0 N–H and O–H groups in total. The highest BCUT2D eigenvalue weighted by atomic mass is 14.7. The Morgan fingerprint density at radius 2 is 1.62 bits per heavy atom. The maximum Gasteiger partial charge on any atom is -0.0138 e. The van der Waals surface area contributed by atoms with Gasteiger partial charge in [0.25, 0.3) is 0 Å². The van der Waals surface area contributed by atoms with E-state index >= 15 is 0 Å². The second-order valence-corrected chi connectivity index (χ2v) is 7.12. The molecule has 0 aromatic heterocycles. The predicted molar refractivity (Wildman–Crippen MR) is 66.9 cm³/mol. The maximum atomic E-state index is 2.57. The van der Waals surface area contributed by atoms with Crippen molar-refractivity contribution in [3.63, 3.8) is 0 Å². The van der Waals surface area contributed by atoms with Crippen LogP contribution in [0.15, 0.2) is 24.3 Å². The van der Waals surface area contributed by atoms with Crippen molar-refractivity contribution in [3.05, 3.63) is 24.3 Å². The molecule has 0 nitrogen and oxygen atoms in total. The van der Waals surface area contributed by atoms with Gasteiger partial charge in [-0.05, 0) is 60.2 Å². The molecule has 0 saturated heterocycles. The van der Waals surface area contributed by atoms with Gasteiger partial charge in [0.05, 0.1) is 0 Å². The average Bonchev–Trinajstić information content (AvgIpc) is 2.89. The van der Waals surface area contributed by atoms with Crippen LogP contribution in [0.4, 0.5) is 0 Å². The quantitative estimate of drug-likeness (QED) is 0.534. The lowest BCUT2D eigenvalue weighted by Gasteiger charge is -2.43. The monoisotopic (exact) mass is 214 g/mol. The van der Waals surface area contributed by atoms with Gasteiger partial charge < -0.3 is 0 Å². The van der Waals surface area contributed by atoms with E-state index in [1.165, 1.54) is 12.8 Å². The van der Waals surface area contributed by atoms with E-state index in [-0.39, 0.29) is 0 Å². The van der Waals surface area contributed by atoms with Gasteiger partial charge in [-0.2, -0.15) is 0 Å². The molecule has 86 valence electrons. The zero-order valence-corrected chi connectivity index (χ0v) is 10.4. The maximum absolute atomic E-state index is 2.57. The van der Waals surface area contributed by atoms with E-state index in [9.17, 15) is 0 Å². The molecule has 0 spiro atoms. The predicted octanol–water partition coefficient (Wildman–Crippen LogP) is 4.05. The lowest BCUT2D eigenvalue weighted by molar-refractivity contribution is 0.0737. The Kier molecular flexibility index (Phi) is 1.68. The van der Waals surface area contributed by atoms with Crippen LogP contribution in [-0.4, -0.2) is 0 Å². The van der Waals surface area contributed by atoms with Gasteiger partial charge in [0.2, 0.25) is 0 Å². The Morgan fingerprint density at radius 3 is 2.38 bits per heavy atom. The van der Waals surface area contributed by atoms with Crippen molar-refractivity contribution in [2.75, 3.05) is 0 Å². The third kappa shape index (κ3) is 0.972. The molecule has 2 saturated carbocycles. The molecule has 0 aromatic carbocycles. The first kappa shape index (κ1) is 9.50. The Morgan fingerprint density at radius 1 is 0.938 bits per heavy atom. The molecule has 0 heterocycles. The molecule has 16 heavy (non-hydrogen) atoms. The molecule has 4 rings (SSSR count). The van der Waals surface area contributed by atoms with E-state index in [4.69, 9.17) is 0 Å². The smallest absolute Gasteiger partial charge is 0.0138 e. The molecule has 4 aliphatic rings. The van der Waals surface area contributed by atoms with Crippen LogP contribution in [0.2, 0.25) is 0 Å². The topological polar surface area (TPSA) is 0 Å². The van der Waals surface area contributed by atoms with Crippen molar-refractivity contribution < 1.29 is 0 Å². The largest absolute Gasteiger partial charge is 0.0882 e. The van der Waals surface area contributed by atoms with E-state index < -0.39 is 0 Å². The Balaban J connectivity index is 1.74. The lowest BCUT2D eigenvalue weighted by Crippen LogP contribution is -2.38. The summed E-state index contributed by atoms with van der Waals surface area (Å²) in [5.41, 5.74) is 0.482. The van der Waals surface area contributed by atoms with Crippen molar-refractivity contribution in [2.24, 2.45) is 40.9 Å². The number of allylic oxidation sites excluding steroid dienone is 4. The van der Waals surface area contributed by atoms with Crippen LogP contribution in [0.3, 0.4) is 0 Å². The summed E-state index contributed by atoms with van der Waals surface area (Å²) in [7, 11) is 0. The van der Waals surface area contributed by atoms with Crippen LogP contribution < -0.4 is 0 Å². The van der Waals surface area contributed by atoms with Gasteiger partial charge in [-0.15, -0.1) is 0 Å². The summed E-state index contributed by atoms with van der Waals surface area (Å²) in [6.45, 7) is 4.92. The highest BCUT2D eigenvalue weighted by Crippen LogP contribution is 2.67. The summed E-state index contributed by atoms with van der Waals surface area (Å²) < 4.78 is 0. The van der Waals surface area contributed by atoms with Crippen LogP contribution in [0, 0.1) is 40.9 Å². The van der Waals surface area contributed by atoms with Gasteiger partial charge >= 0.3 is 0 Å². The van der Waals surface area contributed by atoms with Crippen molar-refractivity contribution in [2.45, 2.75) is 33.1 Å². The minimum Gasteiger partial charge on any atom is -0.0882 e. The van der Waals surface area contributed by atoms with E-state index in [0.717, 1.165) is 35.5 Å². The second kappa shape index (κ2) is 2.83. The zero-order chi connectivity index (χ0) is 10.9. The minimum absolute atomic E-state index is 0.482. The fourth-order valence-corrected chi connectivity index (χ4v) is 5.69. The second-order valence-electron chi connectivity index (χ2n) is 7.12. The first-order chi connectivity index (χ1) is 7.68. The number of rotatable bonds is 0. The minimum atomic E-state index is 0.482. The van der Waals surface area contributed by atoms with Gasteiger partial charge in [-0.1, -0.05) is 38.2 Å². The van der Waals surface area contributed by atoms with Crippen molar-refractivity contribution in [3.8, 4) is 0 Å². The highest BCUT2D eigenvalue weighted by molar-refractivity contribution is 5.23. The van der Waals surface area contributed by atoms with Crippen LogP contribution in [0.1, 0.15) is 33.1 Å². The number of fused-ring (bicyclic) bond motifs is 8. The average molecular weight is 214 g/mol. The van der Waals surface area contributed by atoms with Gasteiger partial charge in [-0.3, -0.25) is 0 Å². The summed E-state index contributed by atoms with van der Waals surface area (Å²) in [4.78, 5) is 0. The van der Waals surface area contributed by atoms with E-state index in [1.54, 1.807) is 6.42 Å². The number of hydrogen-bond acceptors (Lipinski definition) is 0. The number of hydrogen-bond donors (Lipinski definition) is 0. The molecule has 0 heteroatoms. The van der Waals surface area contributed by atoms with Crippen molar-refractivity contribution >= 4 is 0 Å². The Hall–Kier alpha value is -0.520. The summed E-state index contributed by atoms with van der Waals surface area (Å²) in [5, 5.41) is 0. The van der Waals surface area contributed by atoms with Crippen LogP contribution in [0.25, 0.3) is 0 Å². The standard InChI is InChI=1S/C16H22/c1-16(2)8-7-12-13-9-14(15(12)16)11-6-4-3-5-10(11)13/h3-4,7-8,10-15H,5-6,9H2,1-2H3. The van der Waals surface area contributed by atoms with E-state index in [1.807, 2.05) is 0 Å². The highest BCUT2D eigenvalue weighted by Gasteiger charge is 2.61. The molecule has 0 radical (unpaired) electrons. The lowest BCUT2D eigenvalue weighted by atomic mass is 9.61. The van der Waals surface area contributed by atoms with Gasteiger partial charge in [0.15, 0.2) is 0 Å². The molecular formula is C16H22. The molecule has 2 bridgehead atoms. The molecular weight excluding hydrogens is 192 g/mol. The molecule has 0 aliphatic heterocycles. The fourth-order valence-electron chi connectivity index (χ4n) is 5.69. The van der Waals surface area contributed by atoms with Gasteiger partial charge in [-0.25, -0.2) is 0 Å². The Labute approximate surface area is 98.8 Å². The third-order valence-corrected chi connectivity index (χ3v) is 6.15. The molecule has 0 amide bonds. The van der Waals surface area contributed by atoms with Gasteiger partial charge in [0.1, 0.15) is 0 Å². The molecule has 6 unspecified atom stereocenters. The first-order valence-electron chi connectivity index (χ1n) is 7.03. The van der Waals surface area contributed by atoms with Crippen molar-refractivity contribution in [1.82, 2.24) is 0 Å². The van der Waals surface area contributed by atoms with Crippen molar-refractivity contribution in [1.29, 1.82) is 0 Å². The summed E-state index contributed by atoms with van der Waals surface area (Å²) >= 11 is 0. The molecule has 2 fully saturated rings. The SMILES string of the molecule is CC1(C)C=CC2C3CC(C4CC=CCC34)C21. The zero-order valence-electron chi connectivity index (χ0n) is 10.4. The van der Waals surface area contributed by atoms with Crippen LogP contribution in [0.5, 0.6) is 0 Å². The molecule has 6 atom stereocenters. The molecule has 4 aliphatic carbocycles. The summed E-state index contributed by atoms with van der Waals surface area (Å²) in [5.74, 6) is 6.06. The first-order valence-corrected chi connectivity index (χ1v) is 7.03. The van der Waals surface area contributed by atoms with Crippen LogP contribution in [-0.2, 0) is 0 Å². The Bertz CT molecular complexity index is 373.